The summed E-state index contributed by atoms with van der Waals surface area (Å²) < 4.78 is 0. The molecule has 6 nitrogen and oxygen atoms in total. The fourth-order valence-corrected chi connectivity index (χ4v) is 1.45. The van der Waals surface area contributed by atoms with Gasteiger partial charge >= 0.3 is 0 Å². The van der Waals surface area contributed by atoms with Crippen molar-refractivity contribution in [3.63, 3.8) is 0 Å². The van der Waals surface area contributed by atoms with Gasteiger partial charge in [-0.3, -0.25) is 10.1 Å². The van der Waals surface area contributed by atoms with E-state index in [2.05, 4.69) is 11.1 Å². The van der Waals surface area contributed by atoms with Gasteiger partial charge in [0.1, 0.15) is 5.82 Å². The van der Waals surface area contributed by atoms with E-state index in [4.69, 9.17) is 5.26 Å². The number of aromatic nitrogens is 1. The standard InChI is InChI=1S/C11H14N4O2/c1-8(5-12)7-14(3)11-4-10(15(16)17)9(2)6-13-11/h4,6,8H,7H2,1-3H3. The van der Waals surface area contributed by atoms with E-state index >= 15 is 0 Å². The second kappa shape index (κ2) is 5.25. The number of aryl methyl sites for hydroxylation is 1. The molecule has 1 heterocycles. The molecule has 0 saturated carbocycles. The first-order valence-electron chi connectivity index (χ1n) is 5.17. The van der Waals surface area contributed by atoms with Gasteiger partial charge in [-0.1, -0.05) is 0 Å². The normalized spacial score (nSPS) is 11.6. The molecule has 0 fully saturated rings. The number of hydrogen-bond donors (Lipinski definition) is 0. The Hall–Kier alpha value is -2.16. The van der Waals surface area contributed by atoms with E-state index in [1.54, 1.807) is 25.8 Å². The number of hydrogen-bond acceptors (Lipinski definition) is 5. The van der Waals surface area contributed by atoms with Gasteiger partial charge in [-0.25, -0.2) is 4.98 Å². The largest absolute Gasteiger partial charge is 0.358 e. The summed E-state index contributed by atoms with van der Waals surface area (Å²) >= 11 is 0. The van der Waals surface area contributed by atoms with E-state index in [1.165, 1.54) is 12.3 Å². The first-order chi connectivity index (χ1) is 7.95. The van der Waals surface area contributed by atoms with Gasteiger partial charge in [-0.05, 0) is 13.8 Å². The molecule has 0 aromatic carbocycles. The Kier molecular flexibility index (Phi) is 3.99. The molecule has 0 saturated heterocycles. The lowest BCUT2D eigenvalue weighted by atomic mass is 10.2. The average Bonchev–Trinajstić information content (AvgIpc) is 2.28. The smallest absolute Gasteiger partial charge is 0.277 e. The van der Waals surface area contributed by atoms with Gasteiger partial charge in [0.25, 0.3) is 5.69 Å². The highest BCUT2D eigenvalue weighted by Crippen LogP contribution is 2.22. The zero-order chi connectivity index (χ0) is 13.0. The lowest BCUT2D eigenvalue weighted by Crippen LogP contribution is -2.24. The first-order valence-corrected chi connectivity index (χ1v) is 5.17. The topological polar surface area (TPSA) is 83.1 Å². The fraction of sp³-hybridized carbons (Fsp3) is 0.455. The number of nitro groups is 1. The molecule has 1 rings (SSSR count). The van der Waals surface area contributed by atoms with Crippen molar-refractivity contribution in [2.24, 2.45) is 5.92 Å². The van der Waals surface area contributed by atoms with E-state index in [0.717, 1.165) is 0 Å². The highest BCUT2D eigenvalue weighted by Gasteiger charge is 2.15. The van der Waals surface area contributed by atoms with Crippen LogP contribution in [0.15, 0.2) is 12.3 Å². The molecule has 0 spiro atoms. The molecular weight excluding hydrogens is 220 g/mol. The van der Waals surface area contributed by atoms with Crippen LogP contribution in [0.1, 0.15) is 12.5 Å². The van der Waals surface area contributed by atoms with Crippen LogP contribution in [-0.4, -0.2) is 23.5 Å². The molecule has 0 bridgehead atoms. The van der Waals surface area contributed by atoms with Gasteiger partial charge in [-0.2, -0.15) is 5.26 Å². The van der Waals surface area contributed by atoms with Crippen LogP contribution < -0.4 is 4.90 Å². The molecule has 90 valence electrons. The Bertz CT molecular complexity index is 467. The zero-order valence-electron chi connectivity index (χ0n) is 10.0. The molecule has 1 unspecified atom stereocenters. The summed E-state index contributed by atoms with van der Waals surface area (Å²) in [5.41, 5.74) is 0.576. The molecule has 6 heteroatoms. The predicted octanol–water partition coefficient (Wildman–Crippen LogP) is 1.89. The number of nitriles is 1. The van der Waals surface area contributed by atoms with Crippen molar-refractivity contribution in [3.05, 3.63) is 27.9 Å². The summed E-state index contributed by atoms with van der Waals surface area (Å²) in [7, 11) is 1.76. The van der Waals surface area contributed by atoms with Gasteiger partial charge in [0.2, 0.25) is 0 Å². The minimum absolute atomic E-state index is 0.0476. The Morgan fingerprint density at radius 1 is 1.71 bits per heavy atom. The summed E-state index contributed by atoms with van der Waals surface area (Å²) in [5.74, 6) is 0.353. The number of anilines is 1. The second-order valence-electron chi connectivity index (χ2n) is 4.00. The molecule has 0 amide bonds. The SMILES string of the molecule is Cc1cnc(N(C)CC(C)C#N)cc1[N+](=O)[O-]. The van der Waals surface area contributed by atoms with Crippen molar-refractivity contribution in [2.75, 3.05) is 18.5 Å². The second-order valence-corrected chi connectivity index (χ2v) is 4.00. The predicted molar refractivity (Wildman–Crippen MR) is 63.7 cm³/mol. The molecule has 0 N–H and O–H groups in total. The van der Waals surface area contributed by atoms with Crippen LogP contribution in [0.25, 0.3) is 0 Å². The summed E-state index contributed by atoms with van der Waals surface area (Å²) in [6.07, 6.45) is 1.47. The van der Waals surface area contributed by atoms with Crippen LogP contribution in [-0.2, 0) is 0 Å². The molecule has 1 aromatic heterocycles. The third-order valence-corrected chi connectivity index (χ3v) is 2.42. The van der Waals surface area contributed by atoms with Crippen LogP contribution in [0.3, 0.4) is 0 Å². The molecule has 0 aliphatic heterocycles. The minimum Gasteiger partial charge on any atom is -0.358 e. The number of rotatable bonds is 4. The highest BCUT2D eigenvalue weighted by atomic mass is 16.6. The molecule has 1 aromatic rings. The van der Waals surface area contributed by atoms with Gasteiger partial charge in [0.15, 0.2) is 0 Å². The molecule has 0 radical (unpaired) electrons. The van der Waals surface area contributed by atoms with E-state index in [-0.39, 0.29) is 11.6 Å². The summed E-state index contributed by atoms with van der Waals surface area (Å²) in [6, 6.07) is 3.54. The number of pyridine rings is 1. The maximum atomic E-state index is 10.8. The van der Waals surface area contributed by atoms with Crippen molar-refractivity contribution in [2.45, 2.75) is 13.8 Å². The lowest BCUT2D eigenvalue weighted by Gasteiger charge is -2.19. The summed E-state index contributed by atoms with van der Waals surface area (Å²) in [6.45, 7) is 3.93. The monoisotopic (exact) mass is 234 g/mol. The molecule has 1 atom stereocenters. The fourth-order valence-electron chi connectivity index (χ4n) is 1.45. The molecule has 0 aliphatic carbocycles. The van der Waals surface area contributed by atoms with Gasteiger partial charge in [0, 0.05) is 25.4 Å². The molecule has 17 heavy (non-hydrogen) atoms. The van der Waals surface area contributed by atoms with Crippen LogP contribution in [0.2, 0.25) is 0 Å². The maximum Gasteiger partial charge on any atom is 0.277 e. The van der Waals surface area contributed by atoms with Crippen LogP contribution in [0.5, 0.6) is 0 Å². The molecule has 0 aliphatic rings. The van der Waals surface area contributed by atoms with E-state index in [0.29, 0.717) is 17.9 Å². The van der Waals surface area contributed by atoms with Crippen LogP contribution in [0.4, 0.5) is 11.5 Å². The van der Waals surface area contributed by atoms with Crippen LogP contribution in [0, 0.1) is 34.3 Å². The van der Waals surface area contributed by atoms with E-state index in [1.807, 2.05) is 0 Å². The maximum absolute atomic E-state index is 10.8. The number of nitrogens with zero attached hydrogens (tertiary/aromatic N) is 4. The third kappa shape index (κ3) is 3.14. The van der Waals surface area contributed by atoms with Crippen molar-refractivity contribution in [1.82, 2.24) is 4.98 Å². The van der Waals surface area contributed by atoms with Crippen molar-refractivity contribution >= 4 is 11.5 Å². The Balaban J connectivity index is 2.96. The van der Waals surface area contributed by atoms with Crippen molar-refractivity contribution < 1.29 is 4.92 Å². The Labute approximate surface area is 99.6 Å². The quantitative estimate of drug-likeness (QED) is 0.586. The van der Waals surface area contributed by atoms with E-state index in [9.17, 15) is 10.1 Å². The molecular formula is C11H14N4O2. The first kappa shape index (κ1) is 12.9. The Morgan fingerprint density at radius 3 is 2.88 bits per heavy atom. The third-order valence-electron chi connectivity index (χ3n) is 2.42. The van der Waals surface area contributed by atoms with Gasteiger partial charge < -0.3 is 4.90 Å². The average molecular weight is 234 g/mol. The lowest BCUT2D eigenvalue weighted by molar-refractivity contribution is -0.385. The van der Waals surface area contributed by atoms with Crippen molar-refractivity contribution in [1.29, 1.82) is 5.26 Å². The van der Waals surface area contributed by atoms with Gasteiger partial charge in [-0.15, -0.1) is 0 Å². The summed E-state index contributed by atoms with van der Waals surface area (Å²) in [5, 5.41) is 19.5. The Morgan fingerprint density at radius 2 is 2.35 bits per heavy atom. The highest BCUT2D eigenvalue weighted by molar-refractivity contribution is 5.50. The van der Waals surface area contributed by atoms with Crippen LogP contribution >= 0.6 is 0 Å². The minimum atomic E-state index is -0.428. The van der Waals surface area contributed by atoms with E-state index < -0.39 is 4.92 Å². The van der Waals surface area contributed by atoms with Crippen molar-refractivity contribution in [3.8, 4) is 6.07 Å². The summed E-state index contributed by atoms with van der Waals surface area (Å²) in [4.78, 5) is 16.2. The zero-order valence-corrected chi connectivity index (χ0v) is 10.0. The van der Waals surface area contributed by atoms with Gasteiger partial charge in [0.05, 0.1) is 23.0 Å².